The summed E-state index contributed by atoms with van der Waals surface area (Å²) in [5, 5.41) is 3.23. The van der Waals surface area contributed by atoms with Gasteiger partial charge in [0.1, 0.15) is 6.61 Å². The summed E-state index contributed by atoms with van der Waals surface area (Å²) < 4.78 is 24.1. The molecule has 0 saturated carbocycles. The lowest BCUT2D eigenvalue weighted by molar-refractivity contribution is 0.108. The summed E-state index contributed by atoms with van der Waals surface area (Å²) in [5.74, 6) is -0.0313. The van der Waals surface area contributed by atoms with Gasteiger partial charge >= 0.3 is 0 Å². The summed E-state index contributed by atoms with van der Waals surface area (Å²) in [4.78, 5) is 0. The maximum absolute atomic E-state index is 13.7. The van der Waals surface area contributed by atoms with Gasteiger partial charge in [0.05, 0.1) is 6.61 Å². The third kappa shape index (κ3) is 5.47. The zero-order valence-electron chi connectivity index (χ0n) is 11.2. The number of hydrogen-bond acceptors (Lipinski definition) is 3. The average molecular weight is 255 g/mol. The Morgan fingerprint density at radius 3 is 2.72 bits per heavy atom. The number of nitrogens with one attached hydrogen (secondary N) is 1. The van der Waals surface area contributed by atoms with Gasteiger partial charge in [0.2, 0.25) is 0 Å². The summed E-state index contributed by atoms with van der Waals surface area (Å²) in [6, 6.07) is 5.06. The first-order chi connectivity index (χ1) is 8.77. The molecule has 3 nitrogen and oxygen atoms in total. The molecule has 102 valence electrons. The highest BCUT2D eigenvalue weighted by Crippen LogP contribution is 2.18. The fourth-order valence-corrected chi connectivity index (χ4v) is 1.54. The SMILES string of the molecule is CCCNCc1ccc(OCCOCC)c(F)c1. The van der Waals surface area contributed by atoms with E-state index in [4.69, 9.17) is 9.47 Å². The van der Waals surface area contributed by atoms with Gasteiger partial charge in [0.25, 0.3) is 0 Å². The van der Waals surface area contributed by atoms with Crippen molar-refractivity contribution in [1.29, 1.82) is 0 Å². The van der Waals surface area contributed by atoms with Crippen molar-refractivity contribution in [2.45, 2.75) is 26.8 Å². The van der Waals surface area contributed by atoms with Gasteiger partial charge in [-0.05, 0) is 37.6 Å². The lowest BCUT2D eigenvalue weighted by Crippen LogP contribution is -2.14. The van der Waals surface area contributed by atoms with Gasteiger partial charge in [0, 0.05) is 13.2 Å². The second kappa shape index (κ2) is 8.89. The number of ether oxygens (including phenoxy) is 2. The maximum Gasteiger partial charge on any atom is 0.165 e. The Hall–Kier alpha value is -1.13. The Balaban J connectivity index is 2.41. The smallest absolute Gasteiger partial charge is 0.165 e. The predicted molar refractivity (Wildman–Crippen MR) is 70.4 cm³/mol. The second-order valence-corrected chi connectivity index (χ2v) is 3.99. The van der Waals surface area contributed by atoms with Crippen LogP contribution in [0.15, 0.2) is 18.2 Å². The molecule has 1 N–H and O–H groups in total. The first-order valence-electron chi connectivity index (χ1n) is 6.47. The molecule has 0 aliphatic heterocycles. The topological polar surface area (TPSA) is 30.5 Å². The van der Waals surface area contributed by atoms with Crippen LogP contribution in [0.4, 0.5) is 4.39 Å². The molecule has 0 aliphatic carbocycles. The minimum absolute atomic E-state index is 0.286. The highest BCUT2D eigenvalue weighted by molar-refractivity contribution is 5.29. The van der Waals surface area contributed by atoms with E-state index in [-0.39, 0.29) is 11.6 Å². The van der Waals surface area contributed by atoms with Gasteiger partial charge in [-0.25, -0.2) is 4.39 Å². The molecule has 4 heteroatoms. The Kier molecular flexibility index (Phi) is 7.37. The van der Waals surface area contributed by atoms with Crippen LogP contribution in [0.2, 0.25) is 0 Å². The van der Waals surface area contributed by atoms with Gasteiger partial charge in [-0.1, -0.05) is 13.0 Å². The van der Waals surface area contributed by atoms with Gasteiger partial charge in [-0.15, -0.1) is 0 Å². The molecular weight excluding hydrogens is 233 g/mol. The summed E-state index contributed by atoms with van der Waals surface area (Å²) in [6.45, 7) is 7.14. The van der Waals surface area contributed by atoms with E-state index in [0.717, 1.165) is 18.5 Å². The van der Waals surface area contributed by atoms with Crippen molar-refractivity contribution in [1.82, 2.24) is 5.32 Å². The van der Waals surface area contributed by atoms with Crippen LogP contribution < -0.4 is 10.1 Å². The lowest BCUT2D eigenvalue weighted by Gasteiger charge is -2.09. The largest absolute Gasteiger partial charge is 0.488 e. The fraction of sp³-hybridized carbons (Fsp3) is 0.571. The minimum Gasteiger partial charge on any atom is -0.488 e. The van der Waals surface area contributed by atoms with Gasteiger partial charge in [-0.3, -0.25) is 0 Å². The monoisotopic (exact) mass is 255 g/mol. The summed E-state index contributed by atoms with van der Waals surface area (Å²) in [5.41, 5.74) is 0.929. The standard InChI is InChI=1S/C14H22FNO2/c1-3-7-16-11-12-5-6-14(13(15)10-12)18-9-8-17-4-2/h5-6,10,16H,3-4,7-9,11H2,1-2H3. The van der Waals surface area contributed by atoms with E-state index in [2.05, 4.69) is 12.2 Å². The zero-order valence-corrected chi connectivity index (χ0v) is 11.2. The molecule has 0 aromatic heterocycles. The maximum atomic E-state index is 13.7. The quantitative estimate of drug-likeness (QED) is 0.688. The van der Waals surface area contributed by atoms with Crippen LogP contribution in [-0.2, 0) is 11.3 Å². The second-order valence-electron chi connectivity index (χ2n) is 3.99. The van der Waals surface area contributed by atoms with E-state index in [1.54, 1.807) is 6.07 Å². The van der Waals surface area contributed by atoms with E-state index in [1.807, 2.05) is 13.0 Å². The van der Waals surface area contributed by atoms with Crippen LogP contribution in [0.3, 0.4) is 0 Å². The molecule has 0 spiro atoms. The Bertz CT molecular complexity index is 345. The predicted octanol–water partition coefficient (Wildman–Crippen LogP) is 2.74. The highest BCUT2D eigenvalue weighted by atomic mass is 19.1. The van der Waals surface area contributed by atoms with E-state index in [0.29, 0.717) is 26.4 Å². The van der Waals surface area contributed by atoms with Crippen molar-refractivity contribution in [2.24, 2.45) is 0 Å². The van der Waals surface area contributed by atoms with Crippen LogP contribution in [0.5, 0.6) is 5.75 Å². The Morgan fingerprint density at radius 2 is 2.06 bits per heavy atom. The Morgan fingerprint density at radius 1 is 1.22 bits per heavy atom. The van der Waals surface area contributed by atoms with Crippen molar-refractivity contribution < 1.29 is 13.9 Å². The van der Waals surface area contributed by atoms with E-state index in [1.165, 1.54) is 6.07 Å². The highest BCUT2D eigenvalue weighted by Gasteiger charge is 2.04. The molecular formula is C14H22FNO2. The van der Waals surface area contributed by atoms with Crippen LogP contribution >= 0.6 is 0 Å². The normalized spacial score (nSPS) is 10.6. The van der Waals surface area contributed by atoms with E-state index >= 15 is 0 Å². The van der Waals surface area contributed by atoms with Gasteiger partial charge in [0.15, 0.2) is 11.6 Å². The number of hydrogen-bond donors (Lipinski definition) is 1. The average Bonchev–Trinajstić information content (AvgIpc) is 2.37. The molecule has 0 heterocycles. The molecule has 0 unspecified atom stereocenters. The summed E-state index contributed by atoms with van der Waals surface area (Å²) in [7, 11) is 0. The number of halogens is 1. The molecule has 0 radical (unpaired) electrons. The van der Waals surface area contributed by atoms with Crippen molar-refractivity contribution in [3.63, 3.8) is 0 Å². The Labute approximate surface area is 108 Å². The summed E-state index contributed by atoms with van der Waals surface area (Å²) >= 11 is 0. The third-order valence-corrected chi connectivity index (χ3v) is 2.44. The van der Waals surface area contributed by atoms with Crippen LogP contribution in [-0.4, -0.2) is 26.4 Å². The van der Waals surface area contributed by atoms with Crippen LogP contribution in [0.1, 0.15) is 25.8 Å². The van der Waals surface area contributed by atoms with Crippen LogP contribution in [0, 0.1) is 5.82 Å². The number of benzene rings is 1. The molecule has 0 saturated heterocycles. The molecule has 0 bridgehead atoms. The molecule has 18 heavy (non-hydrogen) atoms. The van der Waals surface area contributed by atoms with Crippen molar-refractivity contribution in [2.75, 3.05) is 26.4 Å². The third-order valence-electron chi connectivity index (χ3n) is 2.44. The molecule has 0 amide bonds. The van der Waals surface area contributed by atoms with E-state index < -0.39 is 0 Å². The van der Waals surface area contributed by atoms with Crippen molar-refractivity contribution >= 4 is 0 Å². The molecule has 0 aliphatic rings. The van der Waals surface area contributed by atoms with Crippen molar-refractivity contribution in [3.05, 3.63) is 29.6 Å². The van der Waals surface area contributed by atoms with Gasteiger partial charge in [-0.2, -0.15) is 0 Å². The minimum atomic E-state index is -0.317. The first-order valence-corrected chi connectivity index (χ1v) is 6.47. The lowest BCUT2D eigenvalue weighted by atomic mass is 10.2. The molecule has 1 rings (SSSR count). The molecule has 1 aromatic carbocycles. The van der Waals surface area contributed by atoms with Crippen LogP contribution in [0.25, 0.3) is 0 Å². The van der Waals surface area contributed by atoms with Gasteiger partial charge < -0.3 is 14.8 Å². The molecule has 0 atom stereocenters. The van der Waals surface area contributed by atoms with E-state index in [9.17, 15) is 4.39 Å². The first kappa shape index (κ1) is 14.9. The molecule has 0 fully saturated rings. The van der Waals surface area contributed by atoms with Crippen molar-refractivity contribution in [3.8, 4) is 5.75 Å². The zero-order chi connectivity index (χ0) is 13.2. The fourth-order valence-electron chi connectivity index (χ4n) is 1.54. The number of rotatable bonds is 9. The summed E-state index contributed by atoms with van der Waals surface area (Å²) in [6.07, 6.45) is 1.07. The molecule has 1 aromatic rings.